The van der Waals surface area contributed by atoms with Gasteiger partial charge in [0.05, 0.1) is 23.6 Å². The van der Waals surface area contributed by atoms with Crippen molar-refractivity contribution in [1.82, 2.24) is 9.78 Å². The number of hydrogen-bond acceptors (Lipinski definition) is 2. The molecule has 0 spiro atoms. The lowest BCUT2D eigenvalue weighted by molar-refractivity contribution is 0.102. The molecule has 1 aromatic heterocycles. The standard InChI is InChI=1S/C19H17F2N3O/c1-12-18(22-19(25)14-7-5-8-16(20)10-14)13(2)24(23-12)11-15-6-3-4-9-17(15)21/h3-10H,11H2,1-2H3,(H,22,25). The number of rotatable bonds is 4. The molecular weight excluding hydrogens is 324 g/mol. The lowest BCUT2D eigenvalue weighted by atomic mass is 10.2. The molecule has 1 amide bonds. The maximum absolute atomic E-state index is 13.8. The molecule has 1 heterocycles. The quantitative estimate of drug-likeness (QED) is 0.777. The Morgan fingerprint density at radius 1 is 1.12 bits per heavy atom. The van der Waals surface area contributed by atoms with Crippen LogP contribution in [0.3, 0.4) is 0 Å². The third-order valence-electron chi connectivity index (χ3n) is 3.98. The predicted molar refractivity (Wildman–Crippen MR) is 91.6 cm³/mol. The molecule has 6 heteroatoms. The summed E-state index contributed by atoms with van der Waals surface area (Å²) in [5, 5.41) is 7.13. The number of aryl methyl sites for hydroxylation is 1. The van der Waals surface area contributed by atoms with Crippen LogP contribution < -0.4 is 5.32 Å². The van der Waals surface area contributed by atoms with E-state index in [1.807, 2.05) is 0 Å². The first-order valence-corrected chi connectivity index (χ1v) is 7.80. The van der Waals surface area contributed by atoms with Crippen molar-refractivity contribution in [1.29, 1.82) is 0 Å². The molecule has 1 N–H and O–H groups in total. The van der Waals surface area contributed by atoms with Crippen LogP contribution in [0.1, 0.15) is 27.3 Å². The zero-order valence-electron chi connectivity index (χ0n) is 13.9. The Labute approximate surface area is 144 Å². The van der Waals surface area contributed by atoms with E-state index in [0.29, 0.717) is 22.6 Å². The molecule has 2 aromatic carbocycles. The van der Waals surface area contributed by atoms with E-state index in [4.69, 9.17) is 0 Å². The lowest BCUT2D eigenvalue weighted by Gasteiger charge is -2.08. The maximum Gasteiger partial charge on any atom is 0.255 e. The summed E-state index contributed by atoms with van der Waals surface area (Å²) in [5.41, 5.74) is 2.59. The highest BCUT2D eigenvalue weighted by Gasteiger charge is 2.16. The fraction of sp³-hybridized carbons (Fsp3) is 0.158. The fourth-order valence-corrected chi connectivity index (χ4v) is 2.64. The van der Waals surface area contributed by atoms with Crippen LogP contribution in [0.15, 0.2) is 48.5 Å². The Morgan fingerprint density at radius 3 is 2.60 bits per heavy atom. The second-order valence-corrected chi connectivity index (χ2v) is 5.76. The van der Waals surface area contributed by atoms with E-state index in [9.17, 15) is 13.6 Å². The summed E-state index contributed by atoms with van der Waals surface area (Å²) in [6.07, 6.45) is 0. The minimum atomic E-state index is -0.476. The number of aromatic nitrogens is 2. The molecule has 0 radical (unpaired) electrons. The first kappa shape index (κ1) is 16.8. The normalized spacial score (nSPS) is 10.7. The molecule has 0 aliphatic carbocycles. The number of halogens is 2. The Hall–Kier alpha value is -3.02. The first-order chi connectivity index (χ1) is 12.0. The van der Waals surface area contributed by atoms with Gasteiger partial charge in [-0.15, -0.1) is 0 Å². The monoisotopic (exact) mass is 341 g/mol. The van der Waals surface area contributed by atoms with E-state index in [0.717, 1.165) is 0 Å². The van der Waals surface area contributed by atoms with Crippen LogP contribution >= 0.6 is 0 Å². The van der Waals surface area contributed by atoms with Crippen molar-refractivity contribution >= 4 is 11.6 Å². The summed E-state index contributed by atoms with van der Waals surface area (Å²) < 4.78 is 28.7. The molecule has 0 aliphatic rings. The maximum atomic E-state index is 13.8. The van der Waals surface area contributed by atoms with Gasteiger partial charge in [0.15, 0.2) is 0 Å². The van der Waals surface area contributed by atoms with Crippen LogP contribution in [0, 0.1) is 25.5 Å². The highest BCUT2D eigenvalue weighted by molar-refractivity contribution is 6.04. The molecule has 0 aliphatic heterocycles. The summed E-state index contributed by atoms with van der Waals surface area (Å²) in [7, 11) is 0. The van der Waals surface area contributed by atoms with Gasteiger partial charge in [-0.2, -0.15) is 5.10 Å². The molecular formula is C19H17F2N3O. The topological polar surface area (TPSA) is 46.9 Å². The average molecular weight is 341 g/mol. The van der Waals surface area contributed by atoms with E-state index in [2.05, 4.69) is 10.4 Å². The number of nitrogens with zero attached hydrogens (tertiary/aromatic N) is 2. The molecule has 0 saturated carbocycles. The van der Waals surface area contributed by atoms with Gasteiger partial charge >= 0.3 is 0 Å². The molecule has 25 heavy (non-hydrogen) atoms. The van der Waals surface area contributed by atoms with Gasteiger partial charge in [0.25, 0.3) is 5.91 Å². The van der Waals surface area contributed by atoms with Crippen molar-refractivity contribution < 1.29 is 13.6 Å². The van der Waals surface area contributed by atoms with E-state index in [1.54, 1.807) is 36.7 Å². The number of benzene rings is 2. The van der Waals surface area contributed by atoms with Crippen molar-refractivity contribution in [2.24, 2.45) is 0 Å². The number of anilines is 1. The molecule has 3 rings (SSSR count). The third kappa shape index (κ3) is 3.57. The minimum absolute atomic E-state index is 0.223. The highest BCUT2D eigenvalue weighted by atomic mass is 19.1. The van der Waals surface area contributed by atoms with Crippen LogP contribution in [0.4, 0.5) is 14.5 Å². The second-order valence-electron chi connectivity index (χ2n) is 5.76. The summed E-state index contributed by atoms with van der Waals surface area (Å²) in [6.45, 7) is 3.81. The molecule has 0 bridgehead atoms. The number of carbonyl (C=O) groups excluding carboxylic acids is 1. The molecule has 0 saturated heterocycles. The second kappa shape index (κ2) is 6.84. The van der Waals surface area contributed by atoms with Gasteiger partial charge in [0.1, 0.15) is 11.6 Å². The summed E-state index contributed by atoms with van der Waals surface area (Å²) >= 11 is 0. The van der Waals surface area contributed by atoms with Crippen LogP contribution in [0.2, 0.25) is 0 Å². The third-order valence-corrected chi connectivity index (χ3v) is 3.98. The van der Waals surface area contributed by atoms with E-state index >= 15 is 0 Å². The van der Waals surface area contributed by atoms with Crippen molar-refractivity contribution in [3.63, 3.8) is 0 Å². The number of nitrogens with one attached hydrogen (secondary N) is 1. The Morgan fingerprint density at radius 2 is 1.88 bits per heavy atom. The fourth-order valence-electron chi connectivity index (χ4n) is 2.64. The first-order valence-electron chi connectivity index (χ1n) is 7.80. The smallest absolute Gasteiger partial charge is 0.255 e. The van der Waals surface area contributed by atoms with E-state index in [1.165, 1.54) is 30.3 Å². The van der Waals surface area contributed by atoms with Crippen molar-refractivity contribution in [2.45, 2.75) is 20.4 Å². The molecule has 0 atom stereocenters. The lowest BCUT2D eigenvalue weighted by Crippen LogP contribution is -2.13. The predicted octanol–water partition coefficient (Wildman–Crippen LogP) is 4.08. The number of hydrogen-bond donors (Lipinski definition) is 1. The largest absolute Gasteiger partial charge is 0.319 e. The number of carbonyl (C=O) groups is 1. The molecule has 0 fully saturated rings. The Kier molecular flexibility index (Phi) is 4.61. The summed E-state index contributed by atoms with van der Waals surface area (Å²) in [6, 6.07) is 11.9. The van der Waals surface area contributed by atoms with Gasteiger partial charge in [0.2, 0.25) is 0 Å². The Balaban J connectivity index is 1.85. The SMILES string of the molecule is Cc1nn(Cc2ccccc2F)c(C)c1NC(=O)c1cccc(F)c1. The minimum Gasteiger partial charge on any atom is -0.319 e. The zero-order chi connectivity index (χ0) is 18.0. The van der Waals surface area contributed by atoms with Crippen LogP contribution in [0.25, 0.3) is 0 Å². The average Bonchev–Trinajstić information content (AvgIpc) is 2.84. The van der Waals surface area contributed by atoms with E-state index < -0.39 is 11.7 Å². The van der Waals surface area contributed by atoms with Crippen LogP contribution in [-0.4, -0.2) is 15.7 Å². The Bertz CT molecular complexity index is 934. The molecule has 0 unspecified atom stereocenters. The van der Waals surface area contributed by atoms with Gasteiger partial charge in [-0.05, 0) is 38.1 Å². The summed E-state index contributed by atoms with van der Waals surface area (Å²) in [5.74, 6) is -1.20. The zero-order valence-corrected chi connectivity index (χ0v) is 13.9. The van der Waals surface area contributed by atoms with Gasteiger partial charge in [0, 0.05) is 11.1 Å². The summed E-state index contributed by atoms with van der Waals surface area (Å²) in [4.78, 5) is 12.3. The van der Waals surface area contributed by atoms with Gasteiger partial charge in [-0.3, -0.25) is 9.48 Å². The van der Waals surface area contributed by atoms with Crippen molar-refractivity contribution in [3.05, 3.63) is 82.7 Å². The van der Waals surface area contributed by atoms with Crippen LogP contribution in [-0.2, 0) is 6.54 Å². The van der Waals surface area contributed by atoms with Gasteiger partial charge in [-0.1, -0.05) is 24.3 Å². The van der Waals surface area contributed by atoms with Crippen molar-refractivity contribution in [2.75, 3.05) is 5.32 Å². The van der Waals surface area contributed by atoms with Crippen LogP contribution in [0.5, 0.6) is 0 Å². The van der Waals surface area contributed by atoms with Gasteiger partial charge in [-0.25, -0.2) is 8.78 Å². The van der Waals surface area contributed by atoms with Gasteiger partial charge < -0.3 is 5.32 Å². The number of amides is 1. The highest BCUT2D eigenvalue weighted by Crippen LogP contribution is 2.22. The molecule has 3 aromatic rings. The van der Waals surface area contributed by atoms with E-state index in [-0.39, 0.29) is 17.9 Å². The molecule has 4 nitrogen and oxygen atoms in total. The molecule has 128 valence electrons. The van der Waals surface area contributed by atoms with Crippen molar-refractivity contribution in [3.8, 4) is 0 Å².